The first-order valence-corrected chi connectivity index (χ1v) is 11.8. The van der Waals surface area contributed by atoms with Crippen LogP contribution in [0.5, 0.6) is 5.75 Å². The topological polar surface area (TPSA) is 75.9 Å². The van der Waals surface area contributed by atoms with Crippen molar-refractivity contribution in [2.45, 2.75) is 5.16 Å². The molecule has 1 amide bonds. The van der Waals surface area contributed by atoms with E-state index in [9.17, 15) is 4.79 Å². The lowest BCUT2D eigenvalue weighted by Gasteiger charge is -2.36. The number of benzene rings is 2. The van der Waals surface area contributed by atoms with Gasteiger partial charge >= 0.3 is 0 Å². The maximum Gasteiger partial charge on any atom is 0.233 e. The maximum absolute atomic E-state index is 12.8. The van der Waals surface area contributed by atoms with Crippen LogP contribution in [0.3, 0.4) is 0 Å². The quantitative estimate of drug-likeness (QED) is 0.409. The zero-order valence-electron chi connectivity index (χ0n) is 18.3. The third-order valence-corrected chi connectivity index (χ3v) is 6.60. The normalized spacial score (nSPS) is 14.0. The summed E-state index contributed by atoms with van der Waals surface area (Å²) >= 11 is 1.36. The van der Waals surface area contributed by atoms with Crippen LogP contribution in [0.15, 0.2) is 71.9 Å². The van der Waals surface area contributed by atoms with Crippen molar-refractivity contribution in [3.05, 3.63) is 66.7 Å². The van der Waals surface area contributed by atoms with Crippen LogP contribution in [0.4, 0.5) is 5.69 Å². The molecule has 0 saturated carbocycles. The van der Waals surface area contributed by atoms with E-state index in [1.165, 1.54) is 17.4 Å². The Bertz CT molecular complexity index is 1250. The van der Waals surface area contributed by atoms with Crippen LogP contribution in [-0.4, -0.2) is 69.7 Å². The van der Waals surface area contributed by atoms with Gasteiger partial charge in [0.1, 0.15) is 5.75 Å². The van der Waals surface area contributed by atoms with Crippen LogP contribution in [0.25, 0.3) is 16.9 Å². The number of hydrogen-bond acceptors (Lipinski definition) is 7. The molecule has 8 nitrogen and oxygen atoms in total. The first kappa shape index (κ1) is 21.3. The Morgan fingerprint density at radius 3 is 2.48 bits per heavy atom. The molecule has 2 aromatic heterocycles. The Labute approximate surface area is 196 Å². The van der Waals surface area contributed by atoms with Crippen molar-refractivity contribution in [3.8, 4) is 17.0 Å². The summed E-state index contributed by atoms with van der Waals surface area (Å²) in [6.45, 7) is 3.09. The third kappa shape index (κ3) is 4.49. The lowest BCUT2D eigenvalue weighted by Crippen LogP contribution is -2.49. The molecule has 3 heterocycles. The molecule has 1 fully saturated rings. The van der Waals surface area contributed by atoms with Crippen molar-refractivity contribution < 1.29 is 9.53 Å². The van der Waals surface area contributed by atoms with Gasteiger partial charge in [-0.3, -0.25) is 4.79 Å². The molecule has 0 unspecified atom stereocenters. The molecule has 2 aromatic carbocycles. The van der Waals surface area contributed by atoms with Crippen LogP contribution in [0, 0.1) is 0 Å². The molecule has 9 heteroatoms. The van der Waals surface area contributed by atoms with E-state index >= 15 is 0 Å². The molecule has 0 radical (unpaired) electrons. The minimum atomic E-state index is 0.102. The number of nitrogens with zero attached hydrogens (tertiary/aromatic N) is 6. The Morgan fingerprint density at radius 1 is 0.939 bits per heavy atom. The molecule has 168 valence electrons. The number of hydrogen-bond donors (Lipinski definition) is 0. The summed E-state index contributed by atoms with van der Waals surface area (Å²) in [7, 11) is 1.64. The molecular formula is C24H24N6O2S. The number of carbonyl (C=O) groups excluding carboxylic acids is 1. The molecule has 5 rings (SSSR count). The van der Waals surface area contributed by atoms with Crippen LogP contribution in [0.2, 0.25) is 0 Å². The molecular weight excluding hydrogens is 436 g/mol. The lowest BCUT2D eigenvalue weighted by atomic mass is 10.1. The molecule has 0 atom stereocenters. The predicted octanol–water partition coefficient (Wildman–Crippen LogP) is 3.24. The minimum Gasteiger partial charge on any atom is -0.496 e. The van der Waals surface area contributed by atoms with Gasteiger partial charge in [-0.25, -0.2) is 0 Å². The van der Waals surface area contributed by atoms with Gasteiger partial charge in [-0.1, -0.05) is 42.1 Å². The Kier molecular flexibility index (Phi) is 6.12. The highest BCUT2D eigenvalue weighted by molar-refractivity contribution is 7.99. The fourth-order valence-electron chi connectivity index (χ4n) is 3.93. The fraction of sp³-hybridized carbons (Fsp3) is 0.250. The number of ether oxygens (including phenoxy) is 1. The largest absolute Gasteiger partial charge is 0.496 e. The molecule has 0 aliphatic carbocycles. The summed E-state index contributed by atoms with van der Waals surface area (Å²) < 4.78 is 7.15. The molecule has 33 heavy (non-hydrogen) atoms. The van der Waals surface area contributed by atoms with E-state index in [0.717, 1.165) is 30.1 Å². The number of piperazine rings is 1. The number of amides is 1. The fourth-order valence-corrected chi connectivity index (χ4v) is 4.72. The average molecular weight is 461 g/mol. The standard InChI is InChI=1S/C24H24N6O2S/c1-32-21-10-6-5-9-19(21)20-11-12-22-25-26-24(30(22)27-20)33-17-23(31)29-15-13-28(14-16-29)18-7-3-2-4-8-18/h2-12H,13-17H2,1H3. The van der Waals surface area contributed by atoms with Gasteiger partial charge in [-0.15, -0.1) is 10.2 Å². The lowest BCUT2D eigenvalue weighted by molar-refractivity contribution is -0.128. The van der Waals surface area contributed by atoms with Crippen molar-refractivity contribution >= 4 is 29.0 Å². The number of methoxy groups -OCH3 is 1. The number of rotatable bonds is 6. The van der Waals surface area contributed by atoms with Crippen LogP contribution >= 0.6 is 11.8 Å². The summed E-state index contributed by atoms with van der Waals surface area (Å²) in [5.74, 6) is 1.15. The van der Waals surface area contributed by atoms with E-state index in [1.54, 1.807) is 11.6 Å². The highest BCUT2D eigenvalue weighted by Gasteiger charge is 2.22. The van der Waals surface area contributed by atoms with E-state index < -0.39 is 0 Å². The Morgan fingerprint density at radius 2 is 1.70 bits per heavy atom. The van der Waals surface area contributed by atoms with Crippen LogP contribution in [-0.2, 0) is 4.79 Å². The van der Waals surface area contributed by atoms with Gasteiger partial charge in [0.25, 0.3) is 0 Å². The van der Waals surface area contributed by atoms with Crippen molar-refractivity contribution in [3.63, 3.8) is 0 Å². The maximum atomic E-state index is 12.8. The number of para-hydroxylation sites is 2. The van der Waals surface area contributed by atoms with E-state index in [2.05, 4.69) is 27.2 Å². The van der Waals surface area contributed by atoms with E-state index in [0.29, 0.717) is 29.6 Å². The van der Waals surface area contributed by atoms with Gasteiger partial charge in [-0.2, -0.15) is 9.61 Å². The number of fused-ring (bicyclic) bond motifs is 1. The zero-order chi connectivity index (χ0) is 22.6. The molecule has 1 saturated heterocycles. The summed E-state index contributed by atoms with van der Waals surface area (Å²) in [4.78, 5) is 17.1. The van der Waals surface area contributed by atoms with Crippen molar-refractivity contribution in [1.29, 1.82) is 0 Å². The predicted molar refractivity (Wildman–Crippen MR) is 129 cm³/mol. The SMILES string of the molecule is COc1ccccc1-c1ccc2nnc(SCC(=O)N3CCN(c4ccccc4)CC3)n2n1. The molecule has 0 spiro atoms. The van der Waals surface area contributed by atoms with Gasteiger partial charge in [-0.05, 0) is 36.4 Å². The number of anilines is 1. The van der Waals surface area contributed by atoms with Crippen LogP contribution in [0.1, 0.15) is 0 Å². The van der Waals surface area contributed by atoms with E-state index in [-0.39, 0.29) is 5.91 Å². The van der Waals surface area contributed by atoms with Gasteiger partial charge in [0.15, 0.2) is 5.65 Å². The first-order valence-electron chi connectivity index (χ1n) is 10.8. The molecule has 4 aromatic rings. The summed E-state index contributed by atoms with van der Waals surface area (Å²) in [5, 5.41) is 13.7. The van der Waals surface area contributed by atoms with Gasteiger partial charge in [0.05, 0.1) is 18.6 Å². The Hall–Kier alpha value is -3.59. The number of thioether (sulfide) groups is 1. The zero-order valence-corrected chi connectivity index (χ0v) is 19.1. The summed E-state index contributed by atoms with van der Waals surface area (Å²) in [5.41, 5.74) is 3.48. The number of aromatic nitrogens is 4. The number of carbonyl (C=O) groups is 1. The second kappa shape index (κ2) is 9.50. The first-order chi connectivity index (χ1) is 16.2. The molecule has 0 N–H and O–H groups in total. The van der Waals surface area contributed by atoms with Gasteiger partial charge < -0.3 is 14.5 Å². The molecule has 1 aliphatic rings. The van der Waals surface area contributed by atoms with E-state index in [1.807, 2.05) is 59.5 Å². The summed E-state index contributed by atoms with van der Waals surface area (Å²) in [6, 6.07) is 21.8. The van der Waals surface area contributed by atoms with Gasteiger partial charge in [0, 0.05) is 37.4 Å². The highest BCUT2D eigenvalue weighted by Crippen LogP contribution is 2.28. The van der Waals surface area contributed by atoms with E-state index in [4.69, 9.17) is 9.84 Å². The average Bonchev–Trinajstić information content (AvgIpc) is 3.30. The Balaban J connectivity index is 1.25. The monoisotopic (exact) mass is 460 g/mol. The second-order valence-electron chi connectivity index (χ2n) is 7.66. The highest BCUT2D eigenvalue weighted by atomic mass is 32.2. The van der Waals surface area contributed by atoms with Crippen molar-refractivity contribution in [2.24, 2.45) is 0 Å². The van der Waals surface area contributed by atoms with Crippen molar-refractivity contribution in [1.82, 2.24) is 24.7 Å². The minimum absolute atomic E-state index is 0.102. The van der Waals surface area contributed by atoms with Gasteiger partial charge in [0.2, 0.25) is 11.1 Å². The van der Waals surface area contributed by atoms with Crippen LogP contribution < -0.4 is 9.64 Å². The third-order valence-electron chi connectivity index (χ3n) is 5.70. The smallest absolute Gasteiger partial charge is 0.233 e. The van der Waals surface area contributed by atoms with Crippen molar-refractivity contribution in [2.75, 3.05) is 43.9 Å². The molecule has 0 bridgehead atoms. The summed E-state index contributed by atoms with van der Waals surface area (Å²) in [6.07, 6.45) is 0. The second-order valence-corrected chi connectivity index (χ2v) is 8.61. The molecule has 1 aliphatic heterocycles.